The second-order valence-electron chi connectivity index (χ2n) is 1.07. The van der Waals surface area contributed by atoms with Gasteiger partial charge in [0, 0.05) is 6.54 Å². The van der Waals surface area contributed by atoms with E-state index in [0.717, 1.165) is 13.0 Å². The number of rotatable bonds is 3. The predicted octanol–water partition coefficient (Wildman–Crippen LogP) is 0.778. The SMILES string of the molecule is C.CCCNC=O. The molecule has 0 fully saturated rings. The van der Waals surface area contributed by atoms with E-state index in [1.807, 2.05) is 6.92 Å². The van der Waals surface area contributed by atoms with E-state index in [0.29, 0.717) is 6.41 Å². The fourth-order valence-corrected chi connectivity index (χ4v) is 0.203. The van der Waals surface area contributed by atoms with Crippen LogP contribution >= 0.6 is 0 Å². The Balaban J connectivity index is 0. The minimum absolute atomic E-state index is 0. The van der Waals surface area contributed by atoms with Gasteiger partial charge in [-0.3, -0.25) is 4.79 Å². The molecule has 0 atom stereocenters. The Morgan fingerprint density at radius 3 is 2.43 bits per heavy atom. The highest BCUT2D eigenvalue weighted by Gasteiger charge is 1.69. The molecular formula is C5H13NO. The van der Waals surface area contributed by atoms with Gasteiger partial charge in [0.05, 0.1) is 0 Å². The fourth-order valence-electron chi connectivity index (χ4n) is 0.203. The summed E-state index contributed by atoms with van der Waals surface area (Å²) in [5.41, 5.74) is 0. The zero-order valence-electron chi connectivity index (χ0n) is 3.90. The van der Waals surface area contributed by atoms with Crippen molar-refractivity contribution in [2.45, 2.75) is 20.8 Å². The number of hydrogen-bond donors (Lipinski definition) is 1. The fraction of sp³-hybridized carbons (Fsp3) is 0.800. The number of carbonyl (C=O) groups is 1. The van der Waals surface area contributed by atoms with Gasteiger partial charge >= 0.3 is 0 Å². The minimum atomic E-state index is 0. The summed E-state index contributed by atoms with van der Waals surface area (Å²) in [7, 11) is 0. The lowest BCUT2D eigenvalue weighted by molar-refractivity contribution is -0.109. The zero-order chi connectivity index (χ0) is 4.83. The number of hydrogen-bond acceptors (Lipinski definition) is 1. The molecule has 2 nitrogen and oxygen atoms in total. The van der Waals surface area contributed by atoms with Gasteiger partial charge in [-0.15, -0.1) is 0 Å². The van der Waals surface area contributed by atoms with Gasteiger partial charge in [-0.2, -0.15) is 0 Å². The molecule has 0 saturated carbocycles. The first-order chi connectivity index (χ1) is 2.91. The van der Waals surface area contributed by atoms with Crippen LogP contribution in [0.25, 0.3) is 0 Å². The highest BCUT2D eigenvalue weighted by atomic mass is 16.1. The van der Waals surface area contributed by atoms with E-state index in [4.69, 9.17) is 0 Å². The van der Waals surface area contributed by atoms with Crippen molar-refractivity contribution in [1.82, 2.24) is 5.32 Å². The van der Waals surface area contributed by atoms with Crippen LogP contribution in [-0.4, -0.2) is 13.0 Å². The number of amides is 1. The molecule has 0 heterocycles. The third-order valence-corrected chi connectivity index (χ3v) is 0.478. The lowest BCUT2D eigenvalue weighted by atomic mass is 10.5. The Bertz CT molecular complexity index is 37.1. The third kappa shape index (κ3) is 10.8. The summed E-state index contributed by atoms with van der Waals surface area (Å²) in [6, 6.07) is 0. The molecule has 0 unspecified atom stereocenters. The Hall–Kier alpha value is -0.530. The van der Waals surface area contributed by atoms with E-state index in [2.05, 4.69) is 5.32 Å². The Kier molecular flexibility index (Phi) is 12.6. The van der Waals surface area contributed by atoms with Crippen LogP contribution in [0.5, 0.6) is 0 Å². The van der Waals surface area contributed by atoms with Gasteiger partial charge in [0.1, 0.15) is 0 Å². The van der Waals surface area contributed by atoms with Gasteiger partial charge < -0.3 is 5.32 Å². The Morgan fingerprint density at radius 1 is 1.71 bits per heavy atom. The molecule has 0 aliphatic carbocycles. The van der Waals surface area contributed by atoms with Gasteiger partial charge in [-0.1, -0.05) is 14.4 Å². The molecule has 44 valence electrons. The van der Waals surface area contributed by atoms with Crippen LogP contribution < -0.4 is 5.32 Å². The van der Waals surface area contributed by atoms with E-state index in [1.165, 1.54) is 0 Å². The Morgan fingerprint density at radius 2 is 2.29 bits per heavy atom. The maximum atomic E-state index is 9.45. The lowest BCUT2D eigenvalue weighted by Gasteiger charge is -1.86. The smallest absolute Gasteiger partial charge is 0.207 e. The van der Waals surface area contributed by atoms with Crippen molar-refractivity contribution in [2.24, 2.45) is 0 Å². The van der Waals surface area contributed by atoms with Crippen LogP contribution in [0.4, 0.5) is 0 Å². The zero-order valence-corrected chi connectivity index (χ0v) is 3.90. The highest BCUT2D eigenvalue weighted by molar-refractivity contribution is 5.45. The molecule has 0 aliphatic rings. The van der Waals surface area contributed by atoms with Gasteiger partial charge in [-0.05, 0) is 6.42 Å². The summed E-state index contributed by atoms with van der Waals surface area (Å²) in [6.07, 6.45) is 1.72. The highest BCUT2D eigenvalue weighted by Crippen LogP contribution is 1.63. The first kappa shape index (κ1) is 9.69. The number of carbonyl (C=O) groups excluding carboxylic acids is 1. The van der Waals surface area contributed by atoms with Gasteiger partial charge in [0.25, 0.3) is 0 Å². The molecule has 7 heavy (non-hydrogen) atoms. The maximum absolute atomic E-state index is 9.45. The van der Waals surface area contributed by atoms with Gasteiger partial charge in [0.2, 0.25) is 6.41 Å². The molecule has 1 N–H and O–H groups in total. The molecular weight excluding hydrogens is 90.1 g/mol. The van der Waals surface area contributed by atoms with Crippen molar-refractivity contribution < 1.29 is 4.79 Å². The van der Waals surface area contributed by atoms with Crippen LogP contribution in [0.2, 0.25) is 0 Å². The van der Waals surface area contributed by atoms with Crippen molar-refractivity contribution in [3.63, 3.8) is 0 Å². The van der Waals surface area contributed by atoms with E-state index in [-0.39, 0.29) is 7.43 Å². The molecule has 0 aromatic carbocycles. The predicted molar refractivity (Wildman–Crippen MR) is 31.1 cm³/mol. The Labute approximate surface area is 44.9 Å². The first-order valence-electron chi connectivity index (χ1n) is 2.09. The molecule has 1 amide bonds. The van der Waals surface area contributed by atoms with Crippen LogP contribution in [0.1, 0.15) is 20.8 Å². The molecule has 0 saturated heterocycles. The normalized spacial score (nSPS) is 6.43. The quantitative estimate of drug-likeness (QED) is 0.415. The maximum Gasteiger partial charge on any atom is 0.207 e. The summed E-state index contributed by atoms with van der Waals surface area (Å²) >= 11 is 0. The molecule has 0 aromatic rings. The summed E-state index contributed by atoms with van der Waals surface area (Å²) in [4.78, 5) is 9.45. The van der Waals surface area contributed by atoms with E-state index < -0.39 is 0 Å². The third-order valence-electron chi connectivity index (χ3n) is 0.478. The standard InChI is InChI=1S/C4H9NO.CH4/c1-2-3-5-4-6;/h4H,2-3H2,1H3,(H,5,6);1H4. The molecule has 0 spiro atoms. The van der Waals surface area contributed by atoms with Crippen LogP contribution in [0, 0.1) is 0 Å². The molecule has 0 aliphatic heterocycles. The molecule has 0 rings (SSSR count). The monoisotopic (exact) mass is 103 g/mol. The molecule has 2 heteroatoms. The summed E-state index contributed by atoms with van der Waals surface area (Å²) in [5, 5.41) is 2.52. The molecule has 0 aromatic heterocycles. The van der Waals surface area contributed by atoms with Crippen molar-refractivity contribution in [2.75, 3.05) is 6.54 Å². The van der Waals surface area contributed by atoms with E-state index >= 15 is 0 Å². The van der Waals surface area contributed by atoms with Crippen molar-refractivity contribution >= 4 is 6.41 Å². The lowest BCUT2D eigenvalue weighted by Crippen LogP contribution is -2.10. The first-order valence-corrected chi connectivity index (χ1v) is 2.09. The molecule has 0 bridgehead atoms. The van der Waals surface area contributed by atoms with Gasteiger partial charge in [-0.25, -0.2) is 0 Å². The van der Waals surface area contributed by atoms with E-state index in [1.54, 1.807) is 0 Å². The largest absolute Gasteiger partial charge is 0.359 e. The van der Waals surface area contributed by atoms with Crippen molar-refractivity contribution in [3.8, 4) is 0 Å². The summed E-state index contributed by atoms with van der Waals surface area (Å²) in [5.74, 6) is 0. The topological polar surface area (TPSA) is 29.1 Å². The van der Waals surface area contributed by atoms with Crippen molar-refractivity contribution in [3.05, 3.63) is 0 Å². The summed E-state index contributed by atoms with van der Waals surface area (Å²) in [6.45, 7) is 2.81. The second-order valence-corrected chi connectivity index (χ2v) is 1.07. The van der Waals surface area contributed by atoms with Crippen LogP contribution in [0.3, 0.4) is 0 Å². The second kappa shape index (κ2) is 9.08. The summed E-state index contributed by atoms with van der Waals surface area (Å²) < 4.78 is 0. The van der Waals surface area contributed by atoms with Gasteiger partial charge in [0.15, 0.2) is 0 Å². The van der Waals surface area contributed by atoms with Crippen LogP contribution in [0.15, 0.2) is 0 Å². The average Bonchev–Trinajstić information content (AvgIpc) is 1.61. The van der Waals surface area contributed by atoms with Crippen LogP contribution in [-0.2, 0) is 4.79 Å². The number of nitrogens with one attached hydrogen (secondary N) is 1. The average molecular weight is 103 g/mol. The molecule has 0 radical (unpaired) electrons. The van der Waals surface area contributed by atoms with Crippen molar-refractivity contribution in [1.29, 1.82) is 0 Å². The van der Waals surface area contributed by atoms with E-state index in [9.17, 15) is 4.79 Å². The minimum Gasteiger partial charge on any atom is -0.359 e.